The molecule has 2 aromatic rings. The largest absolute Gasteiger partial charge is 0.507 e. The number of methoxy groups -OCH3 is 2. The fraction of sp³-hybridized carbons (Fsp3) is 0.360. The third-order valence-electron chi connectivity index (χ3n) is 6.30. The van der Waals surface area contributed by atoms with Crippen LogP contribution in [-0.2, 0) is 9.59 Å². The van der Waals surface area contributed by atoms with E-state index in [4.69, 9.17) is 9.47 Å². The summed E-state index contributed by atoms with van der Waals surface area (Å²) in [4.78, 5) is 28.1. The predicted octanol–water partition coefficient (Wildman–Crippen LogP) is 4.60. The molecule has 0 bridgehead atoms. The number of aliphatic hydroxyl groups excluding tert-OH is 1. The molecule has 7 heteroatoms. The zero-order valence-electron chi connectivity index (χ0n) is 18.1. The number of ketones is 1. The van der Waals surface area contributed by atoms with E-state index in [1.807, 2.05) is 0 Å². The Bertz CT molecular complexity index is 1070. The lowest BCUT2D eigenvalue weighted by Gasteiger charge is -2.35. The Kier molecular flexibility index (Phi) is 6.17. The van der Waals surface area contributed by atoms with Gasteiger partial charge in [-0.05, 0) is 37.1 Å². The Morgan fingerprint density at radius 1 is 1.00 bits per heavy atom. The molecule has 1 heterocycles. The maximum absolute atomic E-state index is 14.0. The quantitative estimate of drug-likeness (QED) is 0.419. The van der Waals surface area contributed by atoms with Gasteiger partial charge in [-0.1, -0.05) is 37.5 Å². The monoisotopic (exact) mass is 439 g/mol. The van der Waals surface area contributed by atoms with Crippen molar-refractivity contribution in [2.75, 3.05) is 14.2 Å². The van der Waals surface area contributed by atoms with Crippen molar-refractivity contribution in [3.05, 3.63) is 65.0 Å². The molecule has 0 spiro atoms. The van der Waals surface area contributed by atoms with E-state index >= 15 is 0 Å². The molecule has 1 saturated carbocycles. The van der Waals surface area contributed by atoms with E-state index in [0.29, 0.717) is 11.3 Å². The summed E-state index contributed by atoms with van der Waals surface area (Å²) in [5.41, 5.74) is 0.528. The summed E-state index contributed by atoms with van der Waals surface area (Å²) in [5, 5.41) is 11.2. The summed E-state index contributed by atoms with van der Waals surface area (Å²) in [6.45, 7) is 0. The highest BCUT2D eigenvalue weighted by atomic mass is 19.1. The molecular formula is C25H26FNO5. The average Bonchev–Trinajstić information content (AvgIpc) is 3.09. The molecule has 168 valence electrons. The van der Waals surface area contributed by atoms with Crippen molar-refractivity contribution in [2.45, 2.75) is 44.2 Å². The second-order valence-electron chi connectivity index (χ2n) is 8.08. The number of amides is 1. The van der Waals surface area contributed by atoms with Crippen molar-refractivity contribution in [1.29, 1.82) is 0 Å². The summed E-state index contributed by atoms with van der Waals surface area (Å²) >= 11 is 0. The van der Waals surface area contributed by atoms with Crippen molar-refractivity contribution in [2.24, 2.45) is 0 Å². The first-order valence-electron chi connectivity index (χ1n) is 10.7. The fourth-order valence-corrected chi connectivity index (χ4v) is 4.79. The molecule has 1 saturated heterocycles. The van der Waals surface area contributed by atoms with Crippen LogP contribution in [0.1, 0.15) is 49.3 Å². The highest BCUT2D eigenvalue weighted by molar-refractivity contribution is 6.46. The van der Waals surface area contributed by atoms with Gasteiger partial charge in [0, 0.05) is 11.6 Å². The van der Waals surface area contributed by atoms with Crippen LogP contribution in [0.15, 0.2) is 48.0 Å². The van der Waals surface area contributed by atoms with E-state index in [0.717, 1.165) is 38.2 Å². The van der Waals surface area contributed by atoms with Gasteiger partial charge in [-0.2, -0.15) is 0 Å². The molecule has 2 fully saturated rings. The van der Waals surface area contributed by atoms with Crippen molar-refractivity contribution in [3.8, 4) is 11.5 Å². The Morgan fingerprint density at radius 3 is 2.38 bits per heavy atom. The fourth-order valence-electron chi connectivity index (χ4n) is 4.79. The van der Waals surface area contributed by atoms with Gasteiger partial charge in [0.15, 0.2) is 0 Å². The van der Waals surface area contributed by atoms with Gasteiger partial charge in [-0.15, -0.1) is 0 Å². The molecule has 6 nitrogen and oxygen atoms in total. The summed E-state index contributed by atoms with van der Waals surface area (Å²) in [6, 6.07) is 9.82. The summed E-state index contributed by atoms with van der Waals surface area (Å²) in [7, 11) is 2.91. The minimum absolute atomic E-state index is 0.0223. The SMILES string of the molecule is COc1ccc(F)cc1/C(O)=C1\C(=O)C(=O)N(C2CCCCC2)C1c1ccccc1OC. The van der Waals surface area contributed by atoms with Crippen LogP contribution in [0.25, 0.3) is 5.76 Å². The van der Waals surface area contributed by atoms with Crippen LogP contribution in [0.4, 0.5) is 4.39 Å². The lowest BCUT2D eigenvalue weighted by Crippen LogP contribution is -2.40. The van der Waals surface area contributed by atoms with E-state index in [1.165, 1.54) is 26.4 Å². The first-order valence-corrected chi connectivity index (χ1v) is 10.7. The van der Waals surface area contributed by atoms with Gasteiger partial charge in [0.25, 0.3) is 11.7 Å². The van der Waals surface area contributed by atoms with Gasteiger partial charge >= 0.3 is 0 Å². The molecule has 1 unspecified atom stereocenters. The van der Waals surface area contributed by atoms with Crippen LogP contribution < -0.4 is 9.47 Å². The standard InChI is InChI=1S/C25H26FNO5/c1-31-19-11-7-6-10-17(19)22-21(23(28)18-14-15(26)12-13-20(18)32-2)24(29)25(30)27(22)16-8-4-3-5-9-16/h6-7,10-14,16,22,28H,3-5,8-9H2,1-2H3/b23-21+. The highest BCUT2D eigenvalue weighted by Crippen LogP contribution is 2.46. The summed E-state index contributed by atoms with van der Waals surface area (Å²) < 4.78 is 24.8. The lowest BCUT2D eigenvalue weighted by molar-refractivity contribution is -0.141. The number of carbonyl (C=O) groups is 2. The number of halogens is 1. The molecule has 1 amide bonds. The minimum Gasteiger partial charge on any atom is -0.507 e. The third kappa shape index (κ3) is 3.72. The van der Waals surface area contributed by atoms with Crippen LogP contribution in [0, 0.1) is 5.82 Å². The smallest absolute Gasteiger partial charge is 0.295 e. The zero-order chi connectivity index (χ0) is 22.8. The second kappa shape index (κ2) is 9.02. The number of hydrogen-bond donors (Lipinski definition) is 1. The average molecular weight is 439 g/mol. The van der Waals surface area contributed by atoms with E-state index < -0.39 is 29.3 Å². The molecule has 0 radical (unpaired) electrons. The first-order chi connectivity index (χ1) is 15.5. The van der Waals surface area contributed by atoms with Crippen LogP contribution in [0.5, 0.6) is 11.5 Å². The van der Waals surface area contributed by atoms with E-state index in [2.05, 4.69) is 0 Å². The van der Waals surface area contributed by atoms with Crippen molar-refractivity contribution >= 4 is 17.4 Å². The van der Waals surface area contributed by atoms with Crippen LogP contribution >= 0.6 is 0 Å². The molecule has 1 aliphatic carbocycles. The second-order valence-corrected chi connectivity index (χ2v) is 8.08. The molecule has 0 aromatic heterocycles. The number of carbonyl (C=O) groups excluding carboxylic acids is 2. The Labute approximate surface area is 186 Å². The number of ether oxygens (including phenoxy) is 2. The minimum atomic E-state index is -0.845. The molecule has 2 aromatic carbocycles. The number of nitrogens with zero attached hydrogens (tertiary/aromatic N) is 1. The lowest BCUT2D eigenvalue weighted by atomic mass is 9.90. The molecule has 1 N–H and O–H groups in total. The topological polar surface area (TPSA) is 76.1 Å². The molecule has 1 aliphatic heterocycles. The van der Waals surface area contributed by atoms with Gasteiger partial charge in [0.1, 0.15) is 23.1 Å². The number of aliphatic hydroxyl groups is 1. The Morgan fingerprint density at radius 2 is 1.69 bits per heavy atom. The molecular weight excluding hydrogens is 413 g/mol. The number of para-hydroxylation sites is 1. The van der Waals surface area contributed by atoms with Crippen LogP contribution in [0.3, 0.4) is 0 Å². The van der Waals surface area contributed by atoms with Crippen molar-refractivity contribution in [1.82, 2.24) is 4.90 Å². The van der Waals surface area contributed by atoms with Gasteiger partial charge < -0.3 is 19.5 Å². The van der Waals surface area contributed by atoms with Crippen molar-refractivity contribution < 1.29 is 28.6 Å². The first kappa shape index (κ1) is 21.9. The van der Waals surface area contributed by atoms with Gasteiger partial charge in [-0.3, -0.25) is 9.59 Å². The van der Waals surface area contributed by atoms with Gasteiger partial charge in [-0.25, -0.2) is 4.39 Å². The van der Waals surface area contributed by atoms with Crippen molar-refractivity contribution in [3.63, 3.8) is 0 Å². The number of likely N-dealkylation sites (tertiary alicyclic amines) is 1. The number of Topliss-reactive ketones (excluding diaryl/α,β-unsaturated/α-hetero) is 1. The molecule has 1 atom stereocenters. The third-order valence-corrected chi connectivity index (χ3v) is 6.30. The maximum Gasteiger partial charge on any atom is 0.295 e. The van der Waals surface area contributed by atoms with E-state index in [-0.39, 0.29) is 22.9 Å². The number of benzene rings is 2. The van der Waals surface area contributed by atoms with Crippen LogP contribution in [-0.4, -0.2) is 42.0 Å². The van der Waals surface area contributed by atoms with Crippen LogP contribution in [0.2, 0.25) is 0 Å². The van der Waals surface area contributed by atoms with E-state index in [9.17, 15) is 19.1 Å². The highest BCUT2D eigenvalue weighted by Gasteiger charge is 2.49. The predicted molar refractivity (Wildman–Crippen MR) is 117 cm³/mol. The van der Waals surface area contributed by atoms with Gasteiger partial charge in [0.05, 0.1) is 31.4 Å². The number of rotatable bonds is 5. The molecule has 2 aliphatic rings. The Balaban J connectivity index is 1.95. The Hall–Kier alpha value is -3.35. The molecule has 32 heavy (non-hydrogen) atoms. The molecule has 4 rings (SSSR count). The maximum atomic E-state index is 14.0. The van der Waals surface area contributed by atoms with E-state index in [1.54, 1.807) is 29.2 Å². The summed E-state index contributed by atoms with van der Waals surface area (Å²) in [5.74, 6) is -1.82. The zero-order valence-corrected chi connectivity index (χ0v) is 18.1. The normalized spacial score (nSPS) is 21.1. The summed E-state index contributed by atoms with van der Waals surface area (Å²) in [6.07, 6.45) is 4.57. The number of hydrogen-bond acceptors (Lipinski definition) is 5. The van der Waals surface area contributed by atoms with Gasteiger partial charge in [0.2, 0.25) is 0 Å².